The van der Waals surface area contributed by atoms with Crippen molar-refractivity contribution < 1.29 is 18.0 Å². The van der Waals surface area contributed by atoms with Crippen LogP contribution in [-0.4, -0.2) is 29.9 Å². The molecule has 0 atom stereocenters. The number of sulfone groups is 1. The lowest BCUT2D eigenvalue weighted by Crippen LogP contribution is -2.28. The number of hydrogen-bond acceptors (Lipinski definition) is 6. The third kappa shape index (κ3) is 2.46. The van der Waals surface area contributed by atoms with Crippen LogP contribution >= 0.6 is 0 Å². The molecule has 7 heteroatoms. The molecule has 0 aliphatic carbocycles. The smallest absolute Gasteiger partial charge is 0.247 e. The Morgan fingerprint density at radius 2 is 2.00 bits per heavy atom. The van der Waals surface area contributed by atoms with Crippen molar-refractivity contribution in [1.29, 1.82) is 0 Å². The van der Waals surface area contributed by atoms with Crippen molar-refractivity contribution >= 4 is 9.84 Å². The van der Waals surface area contributed by atoms with E-state index in [-0.39, 0.29) is 17.5 Å². The van der Waals surface area contributed by atoms with Gasteiger partial charge in [-0.3, -0.25) is 0 Å². The summed E-state index contributed by atoms with van der Waals surface area (Å²) in [5.41, 5.74) is 0.555. The summed E-state index contributed by atoms with van der Waals surface area (Å²) in [4.78, 5) is 4.09. The molecule has 0 fully saturated rings. The molecule has 1 N–H and O–H groups in total. The molecule has 0 aliphatic heterocycles. The standard InChI is InChI=1S/C12H14N2O4S/c1-12(2,19(3,16)17)11-13-10(14-18-11)8-5-4-6-9(15)7-8/h4-7,15H,1-3H3. The van der Waals surface area contributed by atoms with Gasteiger partial charge in [0.25, 0.3) is 0 Å². The van der Waals surface area contributed by atoms with E-state index in [1.54, 1.807) is 12.1 Å². The highest BCUT2D eigenvalue weighted by atomic mass is 32.2. The molecule has 0 saturated heterocycles. The number of hydrogen-bond donors (Lipinski definition) is 1. The minimum absolute atomic E-state index is 0.0216. The van der Waals surface area contributed by atoms with Crippen molar-refractivity contribution in [3.05, 3.63) is 30.2 Å². The van der Waals surface area contributed by atoms with E-state index in [9.17, 15) is 13.5 Å². The number of phenols is 1. The summed E-state index contributed by atoms with van der Waals surface area (Å²) in [6.45, 7) is 3.00. The van der Waals surface area contributed by atoms with E-state index in [4.69, 9.17) is 4.52 Å². The summed E-state index contributed by atoms with van der Waals surface area (Å²) < 4.78 is 27.1. The number of rotatable bonds is 3. The lowest BCUT2D eigenvalue weighted by Gasteiger charge is -2.16. The predicted octanol–water partition coefficient (Wildman–Crippen LogP) is 1.72. The number of aromatic nitrogens is 2. The minimum atomic E-state index is -3.38. The second-order valence-corrected chi connectivity index (χ2v) is 7.32. The summed E-state index contributed by atoms with van der Waals surface area (Å²) in [5.74, 6) is 0.335. The summed E-state index contributed by atoms with van der Waals surface area (Å²) in [5, 5.41) is 13.1. The van der Waals surface area contributed by atoms with E-state index in [2.05, 4.69) is 10.1 Å². The number of nitrogens with zero attached hydrogens (tertiary/aromatic N) is 2. The quantitative estimate of drug-likeness (QED) is 0.921. The monoisotopic (exact) mass is 282 g/mol. The van der Waals surface area contributed by atoms with Gasteiger partial charge in [-0.2, -0.15) is 4.98 Å². The SMILES string of the molecule is CC(C)(c1nc(-c2cccc(O)c2)no1)S(C)(=O)=O. The largest absolute Gasteiger partial charge is 0.508 e. The van der Waals surface area contributed by atoms with Crippen molar-refractivity contribution in [2.75, 3.05) is 6.26 Å². The molecule has 0 spiro atoms. The van der Waals surface area contributed by atoms with Crippen molar-refractivity contribution in [2.45, 2.75) is 18.6 Å². The van der Waals surface area contributed by atoms with Gasteiger partial charge in [-0.1, -0.05) is 17.3 Å². The van der Waals surface area contributed by atoms with Crippen LogP contribution in [0.2, 0.25) is 0 Å². The Hall–Kier alpha value is -1.89. The first-order valence-electron chi connectivity index (χ1n) is 5.55. The second-order valence-electron chi connectivity index (χ2n) is 4.76. The fourth-order valence-electron chi connectivity index (χ4n) is 1.39. The molecule has 0 bridgehead atoms. The minimum Gasteiger partial charge on any atom is -0.508 e. The fourth-order valence-corrected chi connectivity index (χ4v) is 1.79. The van der Waals surface area contributed by atoms with E-state index in [0.29, 0.717) is 5.56 Å². The third-order valence-corrected chi connectivity index (χ3v) is 5.00. The van der Waals surface area contributed by atoms with Crippen molar-refractivity contribution in [3.63, 3.8) is 0 Å². The van der Waals surface area contributed by atoms with Crippen molar-refractivity contribution in [1.82, 2.24) is 10.1 Å². The van der Waals surface area contributed by atoms with Gasteiger partial charge < -0.3 is 9.63 Å². The lowest BCUT2D eigenvalue weighted by atomic mass is 10.2. The van der Waals surface area contributed by atoms with E-state index < -0.39 is 14.6 Å². The molecular formula is C12H14N2O4S. The molecule has 0 saturated carbocycles. The molecule has 0 aliphatic rings. The summed E-state index contributed by atoms with van der Waals surface area (Å²) in [6.07, 6.45) is 1.12. The zero-order chi connectivity index (χ0) is 14.3. The molecule has 1 heterocycles. The van der Waals surface area contributed by atoms with E-state index in [1.807, 2.05) is 0 Å². The zero-order valence-corrected chi connectivity index (χ0v) is 11.6. The maximum atomic E-state index is 11.7. The Labute approximate surface area is 111 Å². The predicted molar refractivity (Wildman–Crippen MR) is 69.3 cm³/mol. The molecular weight excluding hydrogens is 268 g/mol. The Morgan fingerprint density at radius 1 is 1.32 bits per heavy atom. The maximum absolute atomic E-state index is 11.7. The molecule has 102 valence electrons. The third-order valence-electron chi connectivity index (χ3n) is 2.97. The van der Waals surface area contributed by atoms with Gasteiger partial charge in [0.2, 0.25) is 11.7 Å². The van der Waals surface area contributed by atoms with Gasteiger partial charge in [0.05, 0.1) is 0 Å². The molecule has 0 radical (unpaired) electrons. The van der Waals surface area contributed by atoms with Crippen LogP contribution in [0.1, 0.15) is 19.7 Å². The summed E-state index contributed by atoms with van der Waals surface area (Å²) >= 11 is 0. The molecule has 2 rings (SSSR count). The average Bonchev–Trinajstić information content (AvgIpc) is 2.77. The molecule has 2 aromatic rings. The first-order chi connectivity index (χ1) is 8.72. The fraction of sp³-hybridized carbons (Fsp3) is 0.333. The van der Waals surface area contributed by atoms with E-state index >= 15 is 0 Å². The summed E-state index contributed by atoms with van der Waals surface area (Å²) in [7, 11) is -3.38. The van der Waals surface area contributed by atoms with Crippen LogP contribution in [0.5, 0.6) is 5.75 Å². The van der Waals surface area contributed by atoms with Gasteiger partial charge in [-0.05, 0) is 26.0 Å². The number of phenolic OH excluding ortho intramolecular Hbond substituents is 1. The lowest BCUT2D eigenvalue weighted by molar-refractivity contribution is 0.348. The van der Waals surface area contributed by atoms with E-state index in [0.717, 1.165) is 6.26 Å². The molecule has 19 heavy (non-hydrogen) atoms. The van der Waals surface area contributed by atoms with Gasteiger partial charge in [0, 0.05) is 11.8 Å². The molecule has 0 unspecified atom stereocenters. The topological polar surface area (TPSA) is 93.3 Å². The molecule has 6 nitrogen and oxygen atoms in total. The Balaban J connectivity index is 2.46. The maximum Gasteiger partial charge on any atom is 0.247 e. The zero-order valence-electron chi connectivity index (χ0n) is 10.8. The number of aromatic hydroxyl groups is 1. The van der Waals surface area contributed by atoms with Crippen LogP contribution < -0.4 is 0 Å². The van der Waals surface area contributed by atoms with Gasteiger partial charge in [-0.15, -0.1) is 0 Å². The Bertz CT molecular complexity index is 704. The van der Waals surface area contributed by atoms with Gasteiger partial charge in [0.1, 0.15) is 10.5 Å². The van der Waals surface area contributed by atoms with Crippen LogP contribution in [0.3, 0.4) is 0 Å². The van der Waals surface area contributed by atoms with Crippen LogP contribution in [0.4, 0.5) is 0 Å². The van der Waals surface area contributed by atoms with Crippen molar-refractivity contribution in [2.24, 2.45) is 0 Å². The van der Waals surface area contributed by atoms with Crippen molar-refractivity contribution in [3.8, 4) is 17.1 Å². The normalized spacial score (nSPS) is 12.6. The first kappa shape index (κ1) is 13.5. The highest BCUT2D eigenvalue weighted by molar-refractivity contribution is 7.91. The molecule has 0 amide bonds. The number of benzene rings is 1. The molecule has 1 aromatic carbocycles. The van der Waals surface area contributed by atoms with Crippen LogP contribution in [0.15, 0.2) is 28.8 Å². The van der Waals surface area contributed by atoms with Crippen LogP contribution in [-0.2, 0) is 14.6 Å². The Kier molecular flexibility index (Phi) is 3.09. The Morgan fingerprint density at radius 3 is 2.58 bits per heavy atom. The second kappa shape index (κ2) is 4.34. The van der Waals surface area contributed by atoms with Gasteiger partial charge in [0.15, 0.2) is 9.84 Å². The van der Waals surface area contributed by atoms with Crippen LogP contribution in [0.25, 0.3) is 11.4 Å². The first-order valence-corrected chi connectivity index (χ1v) is 7.44. The van der Waals surface area contributed by atoms with E-state index in [1.165, 1.54) is 26.0 Å². The summed E-state index contributed by atoms with van der Waals surface area (Å²) in [6, 6.07) is 6.33. The highest BCUT2D eigenvalue weighted by Crippen LogP contribution is 2.29. The van der Waals surface area contributed by atoms with Gasteiger partial charge >= 0.3 is 0 Å². The van der Waals surface area contributed by atoms with Crippen LogP contribution in [0, 0.1) is 0 Å². The molecule has 1 aromatic heterocycles. The average molecular weight is 282 g/mol. The van der Waals surface area contributed by atoms with Gasteiger partial charge in [-0.25, -0.2) is 8.42 Å². The highest BCUT2D eigenvalue weighted by Gasteiger charge is 2.38.